The Hall–Kier alpha value is -3.39. The van der Waals surface area contributed by atoms with Crippen LogP contribution in [0.3, 0.4) is 0 Å². The van der Waals surface area contributed by atoms with Gasteiger partial charge in [0.15, 0.2) is 0 Å². The molecule has 0 aliphatic heterocycles. The number of rotatable bonds is 4. The quantitative estimate of drug-likeness (QED) is 0.461. The first-order valence-corrected chi connectivity index (χ1v) is 8.30. The molecule has 0 radical (unpaired) electrons. The van der Waals surface area contributed by atoms with Gasteiger partial charge in [0.25, 0.3) is 0 Å². The maximum Gasteiger partial charge on any atom is 0.145 e. The number of benzene rings is 3. The Morgan fingerprint density at radius 1 is 0.680 bits per heavy atom. The maximum absolute atomic E-state index is 4.99. The number of hydrogen-bond donors (Lipinski definition) is 0. The minimum Gasteiger partial charge on any atom is -0.292 e. The molecule has 0 amide bonds. The van der Waals surface area contributed by atoms with Gasteiger partial charge in [0, 0.05) is 16.8 Å². The minimum atomic E-state index is 0.917. The van der Waals surface area contributed by atoms with Crippen LogP contribution >= 0.6 is 0 Å². The van der Waals surface area contributed by atoms with Crippen molar-refractivity contribution in [3.63, 3.8) is 0 Å². The molecule has 0 saturated carbocycles. The van der Waals surface area contributed by atoms with E-state index in [2.05, 4.69) is 47.5 Å². The summed E-state index contributed by atoms with van der Waals surface area (Å²) in [5.41, 5.74) is 5.18. The van der Waals surface area contributed by atoms with Crippen LogP contribution in [0.25, 0.3) is 34.4 Å². The van der Waals surface area contributed by atoms with Crippen molar-refractivity contribution >= 4 is 6.08 Å². The molecule has 0 bridgehead atoms. The predicted molar refractivity (Wildman–Crippen MR) is 105 cm³/mol. The van der Waals surface area contributed by atoms with E-state index < -0.39 is 0 Å². The average molecular weight is 322 g/mol. The van der Waals surface area contributed by atoms with E-state index in [9.17, 15) is 0 Å². The molecule has 1 heterocycles. The van der Waals surface area contributed by atoms with Crippen LogP contribution in [-0.4, -0.2) is 9.55 Å². The molecule has 0 spiro atoms. The van der Waals surface area contributed by atoms with E-state index in [0.717, 1.165) is 34.0 Å². The van der Waals surface area contributed by atoms with Gasteiger partial charge in [-0.1, -0.05) is 85.4 Å². The zero-order valence-electron chi connectivity index (χ0n) is 13.8. The lowest BCUT2D eigenvalue weighted by Gasteiger charge is -2.10. The fourth-order valence-electron chi connectivity index (χ4n) is 3.05. The first-order chi connectivity index (χ1) is 12.4. The largest absolute Gasteiger partial charge is 0.292 e. The lowest BCUT2D eigenvalue weighted by atomic mass is 10.1. The van der Waals surface area contributed by atoms with E-state index >= 15 is 0 Å². The third-order valence-electron chi connectivity index (χ3n) is 4.20. The van der Waals surface area contributed by atoms with Gasteiger partial charge in [-0.2, -0.15) is 0 Å². The lowest BCUT2D eigenvalue weighted by Crippen LogP contribution is -1.99. The van der Waals surface area contributed by atoms with Gasteiger partial charge in [0.2, 0.25) is 0 Å². The third kappa shape index (κ3) is 2.79. The lowest BCUT2D eigenvalue weighted by molar-refractivity contribution is 1.05. The van der Waals surface area contributed by atoms with Crippen LogP contribution < -0.4 is 0 Å². The molecule has 0 saturated heterocycles. The summed E-state index contributed by atoms with van der Waals surface area (Å²) in [6, 6.07) is 30.8. The van der Waals surface area contributed by atoms with Gasteiger partial charge in [0.1, 0.15) is 5.82 Å². The highest BCUT2D eigenvalue weighted by atomic mass is 15.1. The van der Waals surface area contributed by atoms with E-state index in [4.69, 9.17) is 4.98 Å². The molecule has 2 heteroatoms. The van der Waals surface area contributed by atoms with Crippen molar-refractivity contribution in [1.29, 1.82) is 0 Å². The van der Waals surface area contributed by atoms with Gasteiger partial charge in [-0.05, 0) is 18.2 Å². The summed E-state index contributed by atoms with van der Waals surface area (Å²) in [5.74, 6) is 0.917. The topological polar surface area (TPSA) is 17.8 Å². The molecule has 0 N–H and O–H groups in total. The molecule has 0 atom stereocenters. The second kappa shape index (κ2) is 6.62. The van der Waals surface area contributed by atoms with Gasteiger partial charge < -0.3 is 0 Å². The van der Waals surface area contributed by atoms with Gasteiger partial charge in [-0.15, -0.1) is 0 Å². The van der Waals surface area contributed by atoms with E-state index in [1.165, 1.54) is 0 Å². The molecule has 120 valence electrons. The highest BCUT2D eigenvalue weighted by Crippen LogP contribution is 2.32. The van der Waals surface area contributed by atoms with Crippen molar-refractivity contribution in [1.82, 2.24) is 9.55 Å². The van der Waals surface area contributed by atoms with Gasteiger partial charge in [0.05, 0.1) is 11.4 Å². The molecule has 4 aromatic rings. The molecule has 2 nitrogen and oxygen atoms in total. The number of imidazole rings is 1. The van der Waals surface area contributed by atoms with Crippen LogP contribution in [0.2, 0.25) is 0 Å². The molecule has 0 aliphatic rings. The molecule has 0 fully saturated rings. The van der Waals surface area contributed by atoms with E-state index in [1.807, 2.05) is 60.7 Å². The molecule has 25 heavy (non-hydrogen) atoms. The monoisotopic (exact) mass is 322 g/mol. The maximum atomic E-state index is 4.99. The normalized spacial score (nSPS) is 10.6. The zero-order chi connectivity index (χ0) is 17.1. The summed E-state index contributed by atoms with van der Waals surface area (Å²) >= 11 is 0. The summed E-state index contributed by atoms with van der Waals surface area (Å²) in [7, 11) is 0. The fourth-order valence-corrected chi connectivity index (χ4v) is 3.05. The molecular weight excluding hydrogens is 304 g/mol. The van der Waals surface area contributed by atoms with Gasteiger partial charge >= 0.3 is 0 Å². The summed E-state index contributed by atoms with van der Waals surface area (Å²) in [6.07, 6.45) is 1.88. The van der Waals surface area contributed by atoms with Gasteiger partial charge in [-0.3, -0.25) is 4.57 Å². The van der Waals surface area contributed by atoms with Crippen LogP contribution in [0.4, 0.5) is 0 Å². The Balaban J connectivity index is 2.03. The second-order valence-electron chi connectivity index (χ2n) is 5.78. The first kappa shape index (κ1) is 15.2. The second-order valence-corrected chi connectivity index (χ2v) is 5.78. The van der Waals surface area contributed by atoms with Gasteiger partial charge in [-0.25, -0.2) is 4.98 Å². The highest BCUT2D eigenvalue weighted by Gasteiger charge is 2.18. The summed E-state index contributed by atoms with van der Waals surface area (Å²) in [5, 5.41) is 0. The smallest absolute Gasteiger partial charge is 0.145 e. The summed E-state index contributed by atoms with van der Waals surface area (Å²) in [6.45, 7) is 4.05. The van der Waals surface area contributed by atoms with Crippen LogP contribution in [0.15, 0.2) is 97.6 Å². The molecule has 4 rings (SSSR count). The van der Waals surface area contributed by atoms with Crippen molar-refractivity contribution in [3.8, 4) is 28.3 Å². The number of para-hydroxylation sites is 1. The van der Waals surface area contributed by atoms with Crippen LogP contribution in [0.5, 0.6) is 0 Å². The number of hydrogen-bond acceptors (Lipinski definition) is 1. The Morgan fingerprint density at radius 2 is 1.20 bits per heavy atom. The Bertz CT molecular complexity index is 984. The average Bonchev–Trinajstić information content (AvgIpc) is 3.09. The fraction of sp³-hybridized carbons (Fsp3) is 0. The van der Waals surface area contributed by atoms with Crippen LogP contribution in [0.1, 0.15) is 5.69 Å². The molecule has 0 aliphatic carbocycles. The Morgan fingerprint density at radius 3 is 1.76 bits per heavy atom. The molecule has 3 aromatic carbocycles. The van der Waals surface area contributed by atoms with Crippen molar-refractivity contribution in [2.24, 2.45) is 0 Å². The first-order valence-electron chi connectivity index (χ1n) is 8.30. The Kier molecular flexibility index (Phi) is 4.01. The summed E-state index contributed by atoms with van der Waals surface area (Å²) < 4.78 is 2.17. The van der Waals surface area contributed by atoms with Crippen molar-refractivity contribution in [2.75, 3.05) is 0 Å². The van der Waals surface area contributed by atoms with Crippen LogP contribution in [0, 0.1) is 0 Å². The predicted octanol–water partition coefficient (Wildman–Crippen LogP) is 5.85. The number of nitrogens with zero attached hydrogens (tertiary/aromatic N) is 2. The molecular formula is C23H18N2. The van der Waals surface area contributed by atoms with E-state index in [1.54, 1.807) is 0 Å². The van der Waals surface area contributed by atoms with Crippen molar-refractivity contribution < 1.29 is 0 Å². The van der Waals surface area contributed by atoms with Crippen LogP contribution in [-0.2, 0) is 0 Å². The standard InChI is InChI=1S/C23H18N2/c1-2-21-22(18-12-6-3-7-13-18)24-23(19-14-8-4-9-15-19)25(21)20-16-10-5-11-17-20/h2-17H,1H2. The minimum absolute atomic E-state index is 0.917. The molecule has 1 aromatic heterocycles. The highest BCUT2D eigenvalue weighted by molar-refractivity contribution is 5.76. The van der Waals surface area contributed by atoms with E-state index in [-0.39, 0.29) is 0 Å². The molecule has 0 unspecified atom stereocenters. The number of aromatic nitrogens is 2. The summed E-state index contributed by atoms with van der Waals surface area (Å²) in [4.78, 5) is 4.99. The zero-order valence-corrected chi connectivity index (χ0v) is 13.8. The van der Waals surface area contributed by atoms with E-state index in [0.29, 0.717) is 0 Å². The Labute approximate surface area is 147 Å². The SMILES string of the molecule is C=Cc1c(-c2ccccc2)nc(-c2ccccc2)n1-c1ccccc1. The van der Waals surface area contributed by atoms with Crippen molar-refractivity contribution in [2.45, 2.75) is 0 Å². The third-order valence-corrected chi connectivity index (χ3v) is 4.20. The van der Waals surface area contributed by atoms with Crippen molar-refractivity contribution in [3.05, 3.63) is 103 Å².